The Labute approximate surface area is 62.0 Å². The molecule has 0 aromatic carbocycles. The zero-order valence-electron chi connectivity index (χ0n) is 5.00. The zero-order chi connectivity index (χ0) is 7.11. The van der Waals surface area contributed by atoms with Crippen LogP contribution in [0.25, 0.3) is 0 Å². The molecule has 0 fully saturated rings. The number of hydrogen-bond donors (Lipinski definition) is 0. The van der Waals surface area contributed by atoms with E-state index < -0.39 is 0 Å². The molecule has 1 aromatic rings. The lowest BCUT2D eigenvalue weighted by Crippen LogP contribution is -1.36. The largest absolute Gasteiger partial charge is 0.471 e. The van der Waals surface area contributed by atoms with Crippen molar-refractivity contribution in [3.63, 3.8) is 0 Å². The van der Waals surface area contributed by atoms with Gasteiger partial charge in [0.15, 0.2) is 0 Å². The molecular formula is C6H7BrO2. The summed E-state index contributed by atoms with van der Waals surface area (Å²) in [6, 6.07) is 1.83. The minimum atomic E-state index is 0.750. The van der Waals surface area contributed by atoms with Gasteiger partial charge in [-0.25, -0.2) is 0 Å². The van der Waals surface area contributed by atoms with Gasteiger partial charge in [0.05, 0.1) is 10.7 Å². The molecule has 50 valence electrons. The van der Waals surface area contributed by atoms with E-state index in [0.717, 1.165) is 10.8 Å². The second-order valence-corrected chi connectivity index (χ2v) is 2.09. The van der Waals surface area contributed by atoms with Gasteiger partial charge in [0, 0.05) is 0 Å². The fourth-order valence-electron chi connectivity index (χ4n) is 0.248. The predicted molar refractivity (Wildman–Crippen MR) is 38.1 cm³/mol. The summed E-state index contributed by atoms with van der Waals surface area (Å²) in [4.78, 5) is 8.81. The van der Waals surface area contributed by atoms with Crippen LogP contribution in [0.5, 0.6) is 0 Å². The average Bonchev–Trinajstić information content (AvgIpc) is 2.20. The maximum Gasteiger partial charge on any atom is 0.116 e. The van der Waals surface area contributed by atoms with Gasteiger partial charge in [-0.3, -0.25) is 0 Å². The standard InChI is InChI=1S/C4H3BrO.C2H4O/c5-4-1-2-6-3-4;1-2-3/h1-3H;2H,1H3. The van der Waals surface area contributed by atoms with E-state index in [0.29, 0.717) is 0 Å². The number of halogens is 1. The van der Waals surface area contributed by atoms with Gasteiger partial charge in [-0.1, -0.05) is 0 Å². The first-order valence-corrected chi connectivity index (χ1v) is 3.18. The molecule has 0 aliphatic rings. The Bertz CT molecular complexity index is 146. The molecule has 0 atom stereocenters. The van der Waals surface area contributed by atoms with Crippen LogP contribution in [-0.2, 0) is 4.79 Å². The summed E-state index contributed by atoms with van der Waals surface area (Å²) in [6.45, 7) is 1.44. The van der Waals surface area contributed by atoms with Crippen LogP contribution in [0.15, 0.2) is 27.5 Å². The van der Waals surface area contributed by atoms with Crippen LogP contribution in [0.2, 0.25) is 0 Å². The second kappa shape index (κ2) is 5.56. The van der Waals surface area contributed by atoms with Crippen LogP contribution in [0.1, 0.15) is 6.92 Å². The molecule has 0 amide bonds. The molecule has 0 N–H and O–H groups in total. The number of aldehydes is 1. The fourth-order valence-corrected chi connectivity index (χ4v) is 0.464. The Morgan fingerprint density at radius 2 is 2.33 bits per heavy atom. The van der Waals surface area contributed by atoms with Gasteiger partial charge < -0.3 is 9.21 Å². The molecule has 0 aliphatic heterocycles. The molecular weight excluding hydrogens is 184 g/mol. The van der Waals surface area contributed by atoms with Crippen LogP contribution in [0.4, 0.5) is 0 Å². The molecule has 2 nitrogen and oxygen atoms in total. The highest BCUT2D eigenvalue weighted by Gasteiger charge is 1.78. The van der Waals surface area contributed by atoms with Crippen molar-refractivity contribution in [3.8, 4) is 0 Å². The predicted octanol–water partition coefficient (Wildman–Crippen LogP) is 2.25. The molecule has 0 saturated heterocycles. The maximum atomic E-state index is 8.81. The summed E-state index contributed by atoms with van der Waals surface area (Å²) in [5.74, 6) is 0. The van der Waals surface area contributed by atoms with Gasteiger partial charge in [-0.05, 0) is 28.9 Å². The Morgan fingerprint density at radius 1 is 1.78 bits per heavy atom. The van der Waals surface area contributed by atoms with Gasteiger partial charge in [0.25, 0.3) is 0 Å². The zero-order valence-corrected chi connectivity index (χ0v) is 6.59. The first-order chi connectivity index (χ1) is 4.31. The van der Waals surface area contributed by atoms with Crippen molar-refractivity contribution in [1.82, 2.24) is 0 Å². The molecule has 1 heterocycles. The third-order valence-corrected chi connectivity index (χ3v) is 0.938. The molecule has 0 spiro atoms. The van der Waals surface area contributed by atoms with E-state index in [1.165, 1.54) is 6.92 Å². The highest BCUT2D eigenvalue weighted by Crippen LogP contribution is 2.06. The SMILES string of the molecule is Brc1ccoc1.CC=O. The molecule has 0 unspecified atom stereocenters. The summed E-state index contributed by atoms with van der Waals surface area (Å²) >= 11 is 3.19. The third kappa shape index (κ3) is 5.30. The Morgan fingerprint density at radius 3 is 2.44 bits per heavy atom. The van der Waals surface area contributed by atoms with Crippen molar-refractivity contribution in [2.45, 2.75) is 6.92 Å². The highest BCUT2D eigenvalue weighted by molar-refractivity contribution is 9.10. The van der Waals surface area contributed by atoms with Crippen molar-refractivity contribution in [2.24, 2.45) is 0 Å². The molecule has 1 rings (SSSR count). The van der Waals surface area contributed by atoms with Crippen molar-refractivity contribution >= 4 is 22.2 Å². The first-order valence-electron chi connectivity index (χ1n) is 2.38. The Hall–Kier alpha value is -0.570. The first kappa shape index (κ1) is 8.43. The summed E-state index contributed by atoms with van der Waals surface area (Å²) in [5, 5.41) is 0. The lowest BCUT2D eigenvalue weighted by molar-refractivity contribution is -0.106. The van der Waals surface area contributed by atoms with Crippen molar-refractivity contribution in [1.29, 1.82) is 0 Å². The number of carbonyl (C=O) groups excluding carboxylic acids is 1. The van der Waals surface area contributed by atoms with E-state index in [2.05, 4.69) is 20.3 Å². The van der Waals surface area contributed by atoms with Crippen molar-refractivity contribution < 1.29 is 9.21 Å². The van der Waals surface area contributed by atoms with E-state index in [9.17, 15) is 0 Å². The molecule has 0 aliphatic carbocycles. The van der Waals surface area contributed by atoms with Crippen LogP contribution in [0.3, 0.4) is 0 Å². The van der Waals surface area contributed by atoms with Gasteiger partial charge in [0.2, 0.25) is 0 Å². The topological polar surface area (TPSA) is 30.2 Å². The fraction of sp³-hybridized carbons (Fsp3) is 0.167. The number of hydrogen-bond acceptors (Lipinski definition) is 2. The molecule has 0 radical (unpaired) electrons. The van der Waals surface area contributed by atoms with Crippen LogP contribution in [-0.4, -0.2) is 6.29 Å². The lowest BCUT2D eigenvalue weighted by Gasteiger charge is -1.60. The van der Waals surface area contributed by atoms with Crippen LogP contribution >= 0.6 is 15.9 Å². The van der Waals surface area contributed by atoms with Crippen molar-refractivity contribution in [3.05, 3.63) is 23.1 Å². The number of rotatable bonds is 0. The molecule has 0 bridgehead atoms. The lowest BCUT2D eigenvalue weighted by atomic mass is 10.7. The summed E-state index contributed by atoms with van der Waals surface area (Å²) in [6.07, 6.45) is 3.99. The minimum absolute atomic E-state index is 0.750. The highest BCUT2D eigenvalue weighted by atomic mass is 79.9. The smallest absolute Gasteiger partial charge is 0.116 e. The van der Waals surface area contributed by atoms with E-state index in [4.69, 9.17) is 4.79 Å². The quantitative estimate of drug-likeness (QED) is 0.588. The van der Waals surface area contributed by atoms with Crippen LogP contribution in [0, 0.1) is 0 Å². The van der Waals surface area contributed by atoms with E-state index in [1.807, 2.05) is 6.07 Å². The third-order valence-electron chi connectivity index (χ3n) is 0.486. The van der Waals surface area contributed by atoms with E-state index in [-0.39, 0.29) is 0 Å². The molecule has 3 heteroatoms. The monoisotopic (exact) mass is 190 g/mol. The van der Waals surface area contributed by atoms with E-state index in [1.54, 1.807) is 12.5 Å². The van der Waals surface area contributed by atoms with Crippen molar-refractivity contribution in [2.75, 3.05) is 0 Å². The maximum absolute atomic E-state index is 8.81. The summed E-state index contributed by atoms with van der Waals surface area (Å²) < 4.78 is 5.66. The number of carbonyl (C=O) groups is 1. The Kier molecular flexibility index (Phi) is 5.21. The molecule has 1 aromatic heterocycles. The summed E-state index contributed by atoms with van der Waals surface area (Å²) in [5.41, 5.74) is 0. The minimum Gasteiger partial charge on any atom is -0.471 e. The number of furan rings is 1. The molecule has 0 saturated carbocycles. The van der Waals surface area contributed by atoms with Crippen LogP contribution < -0.4 is 0 Å². The Balaban J connectivity index is 0.000000187. The van der Waals surface area contributed by atoms with Gasteiger partial charge in [-0.2, -0.15) is 0 Å². The summed E-state index contributed by atoms with van der Waals surface area (Å²) in [7, 11) is 0. The normalized spacial score (nSPS) is 7.33. The molecule has 9 heavy (non-hydrogen) atoms. The van der Waals surface area contributed by atoms with Gasteiger partial charge in [0.1, 0.15) is 12.5 Å². The van der Waals surface area contributed by atoms with Gasteiger partial charge >= 0.3 is 0 Å². The average molecular weight is 191 g/mol. The van der Waals surface area contributed by atoms with E-state index >= 15 is 0 Å². The van der Waals surface area contributed by atoms with Gasteiger partial charge in [-0.15, -0.1) is 0 Å². The second-order valence-electron chi connectivity index (χ2n) is 1.18.